The SMILES string of the molecule is O=C(O)c1ccc(N(Cc2ccc(C3CCCCC3)cc2)C(=O)CN(Cc2cccc(C(F)(F)F)c2)S(=O)(=O)c2c(F)c(F)c(F)c(F)c2F)cc1O. The van der Waals surface area contributed by atoms with E-state index in [1.807, 2.05) is 12.1 Å². The molecule has 1 saturated carbocycles. The number of anilines is 1. The molecule has 1 aliphatic carbocycles. The Morgan fingerprint density at radius 1 is 0.755 bits per heavy atom. The number of hydrogen-bond acceptors (Lipinski definition) is 5. The van der Waals surface area contributed by atoms with Crippen LogP contribution in [0.1, 0.15) is 70.6 Å². The molecule has 0 spiro atoms. The minimum Gasteiger partial charge on any atom is -0.507 e. The van der Waals surface area contributed by atoms with Crippen LogP contribution >= 0.6 is 0 Å². The van der Waals surface area contributed by atoms with E-state index in [0.717, 1.165) is 72.9 Å². The fourth-order valence-electron chi connectivity index (χ4n) is 6.16. The molecule has 0 saturated heterocycles. The van der Waals surface area contributed by atoms with Crippen molar-refractivity contribution in [3.8, 4) is 5.75 Å². The topological polar surface area (TPSA) is 115 Å². The van der Waals surface area contributed by atoms with Crippen LogP contribution in [0.25, 0.3) is 0 Å². The molecule has 282 valence electrons. The van der Waals surface area contributed by atoms with Gasteiger partial charge in [0, 0.05) is 18.3 Å². The number of aromatic carboxylic acids is 1. The maximum absolute atomic E-state index is 14.9. The number of phenols is 1. The van der Waals surface area contributed by atoms with E-state index in [2.05, 4.69) is 0 Å². The van der Waals surface area contributed by atoms with E-state index >= 15 is 0 Å². The number of carboxylic acid groups (broad SMARTS) is 1. The van der Waals surface area contributed by atoms with Crippen molar-refractivity contribution in [2.24, 2.45) is 0 Å². The third-order valence-electron chi connectivity index (χ3n) is 8.91. The number of carbonyl (C=O) groups excluding carboxylic acids is 1. The van der Waals surface area contributed by atoms with E-state index in [-0.39, 0.29) is 16.5 Å². The first-order valence-electron chi connectivity index (χ1n) is 16.0. The molecule has 1 fully saturated rings. The highest BCUT2D eigenvalue weighted by Gasteiger charge is 2.39. The molecule has 53 heavy (non-hydrogen) atoms. The molecule has 0 heterocycles. The van der Waals surface area contributed by atoms with Crippen LogP contribution in [-0.2, 0) is 34.1 Å². The maximum Gasteiger partial charge on any atom is 0.416 e. The number of carboxylic acids is 1. The summed E-state index contributed by atoms with van der Waals surface area (Å²) in [5.41, 5.74) is -1.07. The van der Waals surface area contributed by atoms with Crippen LogP contribution in [0.15, 0.2) is 71.6 Å². The van der Waals surface area contributed by atoms with E-state index in [1.54, 1.807) is 12.1 Å². The van der Waals surface area contributed by atoms with E-state index in [9.17, 15) is 63.3 Å². The molecule has 1 aliphatic rings. The second-order valence-corrected chi connectivity index (χ2v) is 14.3. The predicted molar refractivity (Wildman–Crippen MR) is 174 cm³/mol. The molecule has 0 radical (unpaired) electrons. The highest BCUT2D eigenvalue weighted by Crippen LogP contribution is 2.35. The summed E-state index contributed by atoms with van der Waals surface area (Å²) in [7, 11) is -5.92. The van der Waals surface area contributed by atoms with Gasteiger partial charge in [0.05, 0.1) is 18.7 Å². The molecule has 4 aromatic carbocycles. The third kappa shape index (κ3) is 8.46. The Balaban J connectivity index is 1.59. The van der Waals surface area contributed by atoms with Gasteiger partial charge < -0.3 is 15.1 Å². The molecule has 17 heteroatoms. The van der Waals surface area contributed by atoms with Crippen LogP contribution < -0.4 is 4.90 Å². The number of nitrogens with zero attached hydrogens (tertiary/aromatic N) is 2. The van der Waals surface area contributed by atoms with E-state index in [4.69, 9.17) is 0 Å². The van der Waals surface area contributed by atoms with Gasteiger partial charge in [0.2, 0.25) is 21.7 Å². The quantitative estimate of drug-likeness (QED) is 0.0902. The van der Waals surface area contributed by atoms with Crippen molar-refractivity contribution < 1.29 is 63.3 Å². The highest BCUT2D eigenvalue weighted by atomic mass is 32.2. The predicted octanol–water partition coefficient (Wildman–Crippen LogP) is 8.28. The molecule has 0 bridgehead atoms. The molecule has 2 N–H and O–H groups in total. The Morgan fingerprint density at radius 3 is 1.92 bits per heavy atom. The van der Waals surface area contributed by atoms with Gasteiger partial charge in [-0.1, -0.05) is 61.7 Å². The molecule has 0 atom stereocenters. The average molecular weight is 771 g/mol. The minimum absolute atomic E-state index is 0.0479. The first-order chi connectivity index (χ1) is 24.9. The smallest absolute Gasteiger partial charge is 0.416 e. The van der Waals surface area contributed by atoms with Crippen molar-refractivity contribution in [1.82, 2.24) is 4.31 Å². The molecular formula is C36H30F8N2O6S. The Kier molecular flexibility index (Phi) is 11.5. The van der Waals surface area contributed by atoms with Gasteiger partial charge in [-0.05, 0) is 53.6 Å². The van der Waals surface area contributed by atoms with Crippen molar-refractivity contribution in [2.75, 3.05) is 11.4 Å². The van der Waals surface area contributed by atoms with Gasteiger partial charge in [-0.25, -0.2) is 35.2 Å². The van der Waals surface area contributed by atoms with Crippen molar-refractivity contribution in [3.63, 3.8) is 0 Å². The zero-order chi connectivity index (χ0) is 38.8. The summed E-state index contributed by atoms with van der Waals surface area (Å²) < 4.78 is 140. The maximum atomic E-state index is 14.9. The number of carbonyl (C=O) groups is 2. The molecule has 0 aliphatic heterocycles. The highest BCUT2D eigenvalue weighted by molar-refractivity contribution is 7.89. The summed E-state index contributed by atoms with van der Waals surface area (Å²) >= 11 is 0. The van der Waals surface area contributed by atoms with Gasteiger partial charge in [0.25, 0.3) is 0 Å². The summed E-state index contributed by atoms with van der Waals surface area (Å²) in [5, 5.41) is 19.8. The fourth-order valence-corrected chi connectivity index (χ4v) is 7.65. The molecule has 4 aromatic rings. The summed E-state index contributed by atoms with van der Waals surface area (Å²) in [4.78, 5) is 24.2. The first kappa shape index (κ1) is 39.2. The lowest BCUT2D eigenvalue weighted by Gasteiger charge is -2.28. The fraction of sp³-hybridized carbons (Fsp3) is 0.278. The van der Waals surface area contributed by atoms with Gasteiger partial charge in [-0.3, -0.25) is 4.79 Å². The van der Waals surface area contributed by atoms with Gasteiger partial charge in [0.15, 0.2) is 28.2 Å². The summed E-state index contributed by atoms with van der Waals surface area (Å²) in [5.74, 6) is -16.8. The number of amides is 1. The Hall–Kier alpha value is -5.03. The van der Waals surface area contributed by atoms with Crippen LogP contribution in [0.2, 0.25) is 0 Å². The van der Waals surface area contributed by atoms with Crippen molar-refractivity contribution >= 4 is 27.6 Å². The monoisotopic (exact) mass is 770 g/mol. The standard InChI is InChI=1S/C36H30F8N2O6S/c37-29-30(38)32(40)34(33(41)31(29)39)53(51,52)45(17-21-5-4-8-24(15-21)36(42,43)44)19-28(48)46(25-13-14-26(35(49)50)27(47)16-25)18-20-9-11-23(12-10-20)22-6-2-1-3-7-22/h4-5,8-16,22,47H,1-3,6-7,17-19H2,(H,49,50). The second kappa shape index (κ2) is 15.5. The lowest BCUT2D eigenvalue weighted by molar-refractivity contribution is -0.137. The van der Waals surface area contributed by atoms with E-state index in [1.165, 1.54) is 0 Å². The molecule has 5 rings (SSSR count). The van der Waals surface area contributed by atoms with E-state index < -0.39 is 97.6 Å². The molecule has 0 aromatic heterocycles. The number of sulfonamides is 1. The largest absolute Gasteiger partial charge is 0.507 e. The lowest BCUT2D eigenvalue weighted by atomic mass is 9.84. The Bertz CT molecular complexity index is 2110. The van der Waals surface area contributed by atoms with Gasteiger partial charge in [-0.15, -0.1) is 0 Å². The van der Waals surface area contributed by atoms with E-state index in [0.29, 0.717) is 23.6 Å². The summed E-state index contributed by atoms with van der Waals surface area (Å²) in [6.45, 7) is -3.04. The van der Waals surface area contributed by atoms with Gasteiger partial charge >= 0.3 is 12.1 Å². The number of aromatic hydroxyl groups is 1. The number of alkyl halides is 3. The van der Waals surface area contributed by atoms with Gasteiger partial charge in [0.1, 0.15) is 11.3 Å². The average Bonchev–Trinajstić information content (AvgIpc) is 3.12. The molecule has 1 amide bonds. The Labute approximate surface area is 297 Å². The molecule has 0 unspecified atom stereocenters. The van der Waals surface area contributed by atoms with Gasteiger partial charge in [-0.2, -0.15) is 17.5 Å². The van der Waals surface area contributed by atoms with Crippen molar-refractivity contribution in [1.29, 1.82) is 0 Å². The third-order valence-corrected chi connectivity index (χ3v) is 10.7. The minimum atomic E-state index is -5.92. The number of benzene rings is 4. The van der Waals surface area contributed by atoms with Crippen molar-refractivity contribution in [2.45, 2.75) is 62.2 Å². The second-order valence-electron chi connectivity index (χ2n) is 12.4. The number of rotatable bonds is 11. The van der Waals surface area contributed by atoms with Crippen LogP contribution in [0, 0.1) is 29.1 Å². The molecule has 8 nitrogen and oxygen atoms in total. The summed E-state index contributed by atoms with van der Waals surface area (Å²) in [6.07, 6.45) is 0.218. The Morgan fingerprint density at radius 2 is 1.36 bits per heavy atom. The zero-order valence-electron chi connectivity index (χ0n) is 27.4. The van der Waals surface area contributed by atoms with Crippen LogP contribution in [-0.4, -0.2) is 41.4 Å². The van der Waals surface area contributed by atoms with Crippen molar-refractivity contribution in [3.05, 3.63) is 124 Å². The van der Waals surface area contributed by atoms with Crippen LogP contribution in [0.3, 0.4) is 0 Å². The van der Waals surface area contributed by atoms with Crippen LogP contribution in [0.5, 0.6) is 5.75 Å². The summed E-state index contributed by atoms with van der Waals surface area (Å²) in [6, 6.07) is 12.8. The number of halogens is 8. The lowest BCUT2D eigenvalue weighted by Crippen LogP contribution is -2.43. The number of hydrogen-bond donors (Lipinski definition) is 2. The first-order valence-corrected chi connectivity index (χ1v) is 17.5. The molecular weight excluding hydrogens is 740 g/mol. The zero-order valence-corrected chi connectivity index (χ0v) is 28.3. The van der Waals surface area contributed by atoms with Crippen LogP contribution in [0.4, 0.5) is 40.8 Å². The normalized spacial score (nSPS) is 14.1.